The van der Waals surface area contributed by atoms with Crippen molar-refractivity contribution < 1.29 is 4.79 Å². The molecule has 2 N–H and O–H groups in total. The van der Waals surface area contributed by atoms with Crippen molar-refractivity contribution in [1.82, 2.24) is 20.2 Å². The van der Waals surface area contributed by atoms with Gasteiger partial charge in [-0.1, -0.05) is 0 Å². The largest absolute Gasteiger partial charge is 0.364 e. The van der Waals surface area contributed by atoms with Crippen LogP contribution in [0.4, 0.5) is 0 Å². The van der Waals surface area contributed by atoms with Gasteiger partial charge in [-0.2, -0.15) is 0 Å². The first-order chi connectivity index (χ1) is 10.8. The van der Waals surface area contributed by atoms with Crippen LogP contribution in [0.5, 0.6) is 0 Å². The van der Waals surface area contributed by atoms with Crippen LogP contribution < -0.4 is 5.32 Å². The molecule has 1 saturated heterocycles. The number of pyridine rings is 1. The first-order valence-electron chi connectivity index (χ1n) is 7.78. The maximum Gasteiger partial charge on any atom is 0.252 e. The fraction of sp³-hybridized carbons (Fsp3) is 0.412. The number of hydrogen-bond donors (Lipinski definition) is 2. The van der Waals surface area contributed by atoms with Gasteiger partial charge >= 0.3 is 0 Å². The van der Waals surface area contributed by atoms with Crippen molar-refractivity contribution in [1.29, 1.82) is 0 Å². The molecule has 1 unspecified atom stereocenters. The number of nitrogens with zero attached hydrogens (tertiary/aromatic N) is 2. The highest BCUT2D eigenvalue weighted by atomic mass is 16.1. The summed E-state index contributed by atoms with van der Waals surface area (Å²) in [4.78, 5) is 21.8. The molecule has 1 aliphatic heterocycles. The minimum absolute atomic E-state index is 0.0116. The van der Waals surface area contributed by atoms with E-state index in [9.17, 15) is 4.79 Å². The number of H-pyrrole nitrogens is 1. The number of aromatic amines is 1. The molecule has 22 heavy (non-hydrogen) atoms. The van der Waals surface area contributed by atoms with E-state index in [0.717, 1.165) is 43.7 Å². The van der Waals surface area contributed by atoms with Crippen molar-refractivity contribution >= 4 is 5.91 Å². The molecule has 3 rings (SSSR count). The lowest BCUT2D eigenvalue weighted by molar-refractivity contribution is 0.0960. The smallest absolute Gasteiger partial charge is 0.252 e. The van der Waals surface area contributed by atoms with E-state index in [0.29, 0.717) is 5.92 Å². The number of likely N-dealkylation sites (tertiary alicyclic amines) is 1. The summed E-state index contributed by atoms with van der Waals surface area (Å²) in [7, 11) is 1.68. The zero-order valence-corrected chi connectivity index (χ0v) is 12.9. The quantitative estimate of drug-likeness (QED) is 0.909. The van der Waals surface area contributed by atoms with Gasteiger partial charge in [-0.3, -0.25) is 14.7 Å². The summed E-state index contributed by atoms with van der Waals surface area (Å²) < 4.78 is 0. The molecule has 1 fully saturated rings. The summed E-state index contributed by atoms with van der Waals surface area (Å²) in [6, 6.07) is 6.00. The Morgan fingerprint density at radius 2 is 2.23 bits per heavy atom. The Hall–Kier alpha value is -2.14. The van der Waals surface area contributed by atoms with E-state index in [-0.39, 0.29) is 5.91 Å². The molecule has 0 aliphatic carbocycles. The van der Waals surface area contributed by atoms with Gasteiger partial charge < -0.3 is 10.3 Å². The topological polar surface area (TPSA) is 61.0 Å². The van der Waals surface area contributed by atoms with Crippen molar-refractivity contribution in [2.24, 2.45) is 0 Å². The number of hydrogen-bond acceptors (Lipinski definition) is 3. The molecule has 0 saturated carbocycles. The van der Waals surface area contributed by atoms with Gasteiger partial charge in [0.25, 0.3) is 5.91 Å². The van der Waals surface area contributed by atoms with Crippen molar-refractivity contribution in [2.45, 2.75) is 25.3 Å². The first-order valence-corrected chi connectivity index (χ1v) is 7.78. The molecular formula is C17H22N4O. The number of rotatable bonds is 4. The normalized spacial score (nSPS) is 19.0. The number of aromatic nitrogens is 2. The third-order valence-corrected chi connectivity index (χ3v) is 4.32. The fourth-order valence-electron chi connectivity index (χ4n) is 3.23. The van der Waals surface area contributed by atoms with E-state index < -0.39 is 0 Å². The van der Waals surface area contributed by atoms with E-state index in [1.807, 2.05) is 24.7 Å². The molecule has 0 spiro atoms. The highest BCUT2D eigenvalue weighted by Crippen LogP contribution is 2.29. The molecule has 5 nitrogen and oxygen atoms in total. The van der Waals surface area contributed by atoms with Crippen LogP contribution in [0, 0.1) is 0 Å². The second-order valence-electron chi connectivity index (χ2n) is 5.81. The number of piperidine rings is 1. The lowest BCUT2D eigenvalue weighted by Crippen LogP contribution is -2.34. The van der Waals surface area contributed by atoms with Gasteiger partial charge in [-0.15, -0.1) is 0 Å². The number of carbonyl (C=O) groups is 1. The third-order valence-electron chi connectivity index (χ3n) is 4.32. The number of amides is 1. The maximum absolute atomic E-state index is 12.0. The first kappa shape index (κ1) is 14.8. The van der Waals surface area contributed by atoms with Crippen LogP contribution in [0.2, 0.25) is 0 Å². The minimum Gasteiger partial charge on any atom is -0.364 e. The molecule has 1 atom stereocenters. The summed E-state index contributed by atoms with van der Waals surface area (Å²) in [6.07, 6.45) is 7.82. The molecule has 2 aromatic heterocycles. The van der Waals surface area contributed by atoms with Gasteiger partial charge in [0.05, 0.1) is 5.56 Å². The predicted molar refractivity (Wildman–Crippen MR) is 85.7 cm³/mol. The Kier molecular flexibility index (Phi) is 4.53. The van der Waals surface area contributed by atoms with E-state index in [1.54, 1.807) is 7.05 Å². The molecule has 1 amide bonds. The van der Waals surface area contributed by atoms with Crippen LogP contribution in [0.1, 0.15) is 40.4 Å². The lowest BCUT2D eigenvalue weighted by atomic mass is 9.92. The van der Waals surface area contributed by atoms with Crippen LogP contribution in [0.15, 0.2) is 36.8 Å². The number of nitrogens with one attached hydrogen (secondary N) is 2. The summed E-state index contributed by atoms with van der Waals surface area (Å²) in [5, 5.41) is 2.72. The Labute approximate surface area is 130 Å². The Bertz CT molecular complexity index is 623. The van der Waals surface area contributed by atoms with Crippen molar-refractivity contribution in [3.05, 3.63) is 53.6 Å². The Morgan fingerprint density at radius 1 is 1.41 bits per heavy atom. The zero-order chi connectivity index (χ0) is 15.4. The monoisotopic (exact) mass is 298 g/mol. The maximum atomic E-state index is 12.0. The molecule has 0 radical (unpaired) electrons. The highest BCUT2D eigenvalue weighted by molar-refractivity contribution is 5.95. The van der Waals surface area contributed by atoms with Crippen molar-refractivity contribution in [3.8, 4) is 0 Å². The van der Waals surface area contributed by atoms with E-state index in [4.69, 9.17) is 0 Å². The molecule has 116 valence electrons. The molecular weight excluding hydrogens is 276 g/mol. The van der Waals surface area contributed by atoms with Crippen molar-refractivity contribution in [2.75, 3.05) is 20.1 Å². The van der Waals surface area contributed by atoms with Crippen LogP contribution in [0.3, 0.4) is 0 Å². The molecule has 1 aliphatic rings. The average Bonchev–Trinajstić information content (AvgIpc) is 3.05. The summed E-state index contributed by atoms with van der Waals surface area (Å²) >= 11 is 0. The van der Waals surface area contributed by atoms with Gasteiger partial charge in [-0.25, -0.2) is 0 Å². The second-order valence-corrected chi connectivity index (χ2v) is 5.81. The standard InChI is InChI=1S/C17H22N4O/c1-18-17(22)15-6-9-20-16(15)14-3-2-10-21(12-14)11-13-4-7-19-8-5-13/h4-9,14,20H,2-3,10-12H2,1H3,(H,18,22). The van der Waals surface area contributed by atoms with E-state index in [2.05, 4.69) is 32.3 Å². The Balaban J connectivity index is 1.71. The van der Waals surface area contributed by atoms with E-state index >= 15 is 0 Å². The molecule has 0 aromatic carbocycles. The summed E-state index contributed by atoms with van der Waals surface area (Å²) in [5.74, 6) is 0.375. The van der Waals surface area contributed by atoms with Gasteiger partial charge in [0, 0.05) is 50.3 Å². The van der Waals surface area contributed by atoms with Crippen LogP contribution in [-0.4, -0.2) is 40.9 Å². The summed E-state index contributed by atoms with van der Waals surface area (Å²) in [5.41, 5.74) is 3.13. The average molecular weight is 298 g/mol. The van der Waals surface area contributed by atoms with Gasteiger partial charge in [-0.05, 0) is 43.1 Å². The molecule has 2 aromatic rings. The minimum atomic E-state index is -0.0116. The second kappa shape index (κ2) is 6.75. The van der Waals surface area contributed by atoms with Crippen LogP contribution in [0.25, 0.3) is 0 Å². The van der Waals surface area contributed by atoms with Gasteiger partial charge in [0.2, 0.25) is 0 Å². The third kappa shape index (κ3) is 3.20. The summed E-state index contributed by atoms with van der Waals surface area (Å²) in [6.45, 7) is 3.02. The van der Waals surface area contributed by atoms with E-state index in [1.165, 1.54) is 5.56 Å². The Morgan fingerprint density at radius 3 is 3.00 bits per heavy atom. The lowest BCUT2D eigenvalue weighted by Gasteiger charge is -2.32. The zero-order valence-electron chi connectivity index (χ0n) is 12.9. The van der Waals surface area contributed by atoms with Crippen LogP contribution >= 0.6 is 0 Å². The molecule has 3 heterocycles. The highest BCUT2D eigenvalue weighted by Gasteiger charge is 2.25. The van der Waals surface area contributed by atoms with Crippen LogP contribution in [-0.2, 0) is 6.54 Å². The predicted octanol–water partition coefficient (Wildman–Crippen LogP) is 2.15. The molecule has 5 heteroatoms. The number of carbonyl (C=O) groups excluding carboxylic acids is 1. The van der Waals surface area contributed by atoms with Gasteiger partial charge in [0.1, 0.15) is 0 Å². The SMILES string of the molecule is CNC(=O)c1cc[nH]c1C1CCCN(Cc2ccncc2)C1. The molecule has 0 bridgehead atoms. The van der Waals surface area contributed by atoms with Gasteiger partial charge in [0.15, 0.2) is 0 Å². The van der Waals surface area contributed by atoms with Crippen molar-refractivity contribution in [3.63, 3.8) is 0 Å². The fourth-order valence-corrected chi connectivity index (χ4v) is 3.23.